The quantitative estimate of drug-likeness (QED) is 0.118. The number of pyridine rings is 1. The van der Waals surface area contributed by atoms with Gasteiger partial charge in [0.2, 0.25) is 5.88 Å². The van der Waals surface area contributed by atoms with Crippen molar-refractivity contribution in [2.24, 2.45) is 16.0 Å². The number of thiophene rings is 1. The average Bonchev–Trinajstić information content (AvgIpc) is 3.24. The van der Waals surface area contributed by atoms with Crippen molar-refractivity contribution in [2.45, 2.75) is 42.6 Å². The van der Waals surface area contributed by atoms with Gasteiger partial charge in [-0.1, -0.05) is 6.92 Å². The molecule has 0 saturated carbocycles. The third-order valence-corrected chi connectivity index (χ3v) is 8.92. The summed E-state index contributed by atoms with van der Waals surface area (Å²) in [7, 11) is -10.2. The Morgan fingerprint density at radius 1 is 1.14 bits per heavy atom. The van der Waals surface area contributed by atoms with E-state index in [4.69, 9.17) is 5.73 Å². The maximum atomic E-state index is 13.8. The van der Waals surface area contributed by atoms with Gasteiger partial charge >= 0.3 is 0 Å². The highest BCUT2D eigenvalue weighted by molar-refractivity contribution is 7.86. The van der Waals surface area contributed by atoms with Crippen LogP contribution in [0.2, 0.25) is 0 Å². The van der Waals surface area contributed by atoms with E-state index in [0.29, 0.717) is 28.3 Å². The molecule has 0 saturated heterocycles. The highest BCUT2D eigenvalue weighted by atomic mass is 32.2. The van der Waals surface area contributed by atoms with Crippen molar-refractivity contribution >= 4 is 60.1 Å². The highest BCUT2D eigenvalue weighted by Crippen LogP contribution is 2.37. The van der Waals surface area contributed by atoms with Crippen LogP contribution in [-0.2, 0) is 37.1 Å². The summed E-state index contributed by atoms with van der Waals surface area (Å²) in [6, 6.07) is 5.48. The minimum absolute atomic E-state index is 0.0182. The minimum Gasteiger partial charge on any atom is -0.494 e. The van der Waals surface area contributed by atoms with Crippen LogP contribution in [0.15, 0.2) is 43.0 Å². The van der Waals surface area contributed by atoms with Gasteiger partial charge in [-0.2, -0.15) is 27.4 Å². The second-order valence-electron chi connectivity index (χ2n) is 9.08. The van der Waals surface area contributed by atoms with Crippen molar-refractivity contribution in [1.29, 1.82) is 10.5 Å². The Balaban J connectivity index is 2.39. The summed E-state index contributed by atoms with van der Waals surface area (Å²) >= 11 is 0.784. The highest BCUT2D eigenvalue weighted by Gasteiger charge is 2.36. The van der Waals surface area contributed by atoms with Crippen LogP contribution in [0.3, 0.4) is 0 Å². The SMILES string of the molecule is CCc1c(C(N)=O)c(O)n(C(C)(C=O)Nc2cc(S(=O)(=O)O)cc(S(=O)(=O)O)c2)c(=O)c1N=Nc1sc(C#N)c(C)c1C#N. The first-order valence-electron chi connectivity index (χ1n) is 11.9. The van der Waals surface area contributed by atoms with Crippen molar-refractivity contribution in [3.8, 4) is 18.0 Å². The van der Waals surface area contributed by atoms with E-state index in [2.05, 4.69) is 15.5 Å². The number of primary amides is 1. The van der Waals surface area contributed by atoms with E-state index in [-0.39, 0.29) is 33.7 Å². The Bertz CT molecular complexity index is 2070. The van der Waals surface area contributed by atoms with Gasteiger partial charge in [0.25, 0.3) is 31.7 Å². The molecule has 0 aliphatic rings. The molecule has 1 amide bonds. The number of hydrogen-bond donors (Lipinski definition) is 5. The Morgan fingerprint density at radius 3 is 2.14 bits per heavy atom. The van der Waals surface area contributed by atoms with E-state index >= 15 is 0 Å². The molecular formula is C24H21N7O10S3. The Hall–Kier alpha value is -4.99. The molecule has 6 N–H and O–H groups in total. The molecule has 3 aromatic rings. The molecule has 20 heteroatoms. The number of nitrogens with one attached hydrogen (secondary N) is 1. The molecule has 1 aromatic carbocycles. The lowest BCUT2D eigenvalue weighted by Gasteiger charge is -2.31. The smallest absolute Gasteiger partial charge is 0.294 e. The van der Waals surface area contributed by atoms with Gasteiger partial charge in [-0.15, -0.1) is 21.6 Å². The maximum Gasteiger partial charge on any atom is 0.294 e. The molecule has 230 valence electrons. The zero-order chi connectivity index (χ0) is 33.4. The number of hydrogen-bond acceptors (Lipinski definition) is 14. The third-order valence-electron chi connectivity index (χ3n) is 6.18. The summed E-state index contributed by atoms with van der Waals surface area (Å²) in [6.45, 7) is 3.93. The number of nitrogens with two attached hydrogens (primary N) is 1. The van der Waals surface area contributed by atoms with Crippen LogP contribution in [0, 0.1) is 29.6 Å². The van der Waals surface area contributed by atoms with Crippen molar-refractivity contribution < 1.29 is 40.6 Å². The van der Waals surface area contributed by atoms with Crippen LogP contribution < -0.4 is 16.6 Å². The summed E-state index contributed by atoms with van der Waals surface area (Å²) < 4.78 is 66.3. The number of rotatable bonds is 10. The van der Waals surface area contributed by atoms with Crippen LogP contribution in [0.1, 0.15) is 45.8 Å². The van der Waals surface area contributed by atoms with Crippen molar-refractivity contribution in [2.75, 3.05) is 5.32 Å². The largest absolute Gasteiger partial charge is 0.494 e. The second kappa shape index (κ2) is 11.9. The monoisotopic (exact) mass is 663 g/mol. The summed E-state index contributed by atoms with van der Waals surface area (Å²) in [6.07, 6.45) is -0.109. The standard InChI is InChI=1S/C24H21N7O10S3/c1-4-15-18(20(27)33)22(34)31(23(35)19(15)29-30-21-16(8-25)11(2)17(9-26)42-21)24(3,10-32)28-12-5-13(43(36,37)38)7-14(6-12)44(39,40)41/h5-7,10,28,34H,4H2,1-3H3,(H2,27,33)(H,36,37,38)(H,39,40,41). The molecule has 3 rings (SSSR count). The first-order valence-corrected chi connectivity index (χ1v) is 15.5. The van der Waals surface area contributed by atoms with Gasteiger partial charge < -0.3 is 16.2 Å². The minimum atomic E-state index is -5.08. The van der Waals surface area contributed by atoms with E-state index in [0.717, 1.165) is 18.3 Å². The number of nitriles is 2. The van der Waals surface area contributed by atoms with Gasteiger partial charge in [-0.3, -0.25) is 23.5 Å². The normalized spacial score (nSPS) is 13.2. The van der Waals surface area contributed by atoms with E-state index in [1.807, 2.05) is 12.1 Å². The molecule has 0 bridgehead atoms. The van der Waals surface area contributed by atoms with Crippen LogP contribution in [0.5, 0.6) is 5.88 Å². The Kier molecular flexibility index (Phi) is 9.10. The molecule has 0 aliphatic carbocycles. The van der Waals surface area contributed by atoms with Crippen LogP contribution >= 0.6 is 11.3 Å². The molecular weight excluding hydrogens is 643 g/mol. The summed E-state index contributed by atoms with van der Waals surface area (Å²) in [5.41, 5.74) is -0.0239. The first kappa shape index (κ1) is 33.5. The molecule has 2 heterocycles. The van der Waals surface area contributed by atoms with E-state index in [1.165, 1.54) is 13.8 Å². The first-order chi connectivity index (χ1) is 20.3. The lowest BCUT2D eigenvalue weighted by atomic mass is 10.0. The van der Waals surface area contributed by atoms with E-state index in [1.54, 1.807) is 0 Å². The molecule has 0 fully saturated rings. The van der Waals surface area contributed by atoms with Gasteiger partial charge in [0.05, 0.1) is 15.4 Å². The number of benzene rings is 1. The fraction of sp³-hybridized carbons (Fsp3) is 0.208. The fourth-order valence-corrected chi connectivity index (χ4v) is 6.16. The number of azo groups is 1. The van der Waals surface area contributed by atoms with Crippen LogP contribution in [0.25, 0.3) is 0 Å². The van der Waals surface area contributed by atoms with Crippen LogP contribution in [0.4, 0.5) is 16.4 Å². The molecule has 0 aliphatic heterocycles. The third kappa shape index (κ3) is 6.20. The molecule has 2 aromatic heterocycles. The summed E-state index contributed by atoms with van der Waals surface area (Å²) in [4.78, 5) is 36.8. The Labute approximate surface area is 253 Å². The average molecular weight is 664 g/mol. The lowest BCUT2D eigenvalue weighted by Crippen LogP contribution is -2.47. The number of amides is 1. The van der Waals surface area contributed by atoms with Crippen molar-refractivity contribution in [3.05, 3.63) is 55.7 Å². The van der Waals surface area contributed by atoms with Gasteiger partial charge in [0, 0.05) is 11.3 Å². The predicted molar refractivity (Wildman–Crippen MR) is 152 cm³/mol. The van der Waals surface area contributed by atoms with Gasteiger partial charge in [-0.05, 0) is 44.0 Å². The van der Waals surface area contributed by atoms with Crippen molar-refractivity contribution in [1.82, 2.24) is 4.57 Å². The predicted octanol–water partition coefficient (Wildman–Crippen LogP) is 2.22. The maximum absolute atomic E-state index is 13.8. The number of carbonyl (C=O) groups excluding carboxylic acids is 2. The number of carbonyl (C=O) groups is 2. The zero-order valence-electron chi connectivity index (χ0n) is 22.8. The molecule has 44 heavy (non-hydrogen) atoms. The van der Waals surface area contributed by atoms with Gasteiger partial charge in [0.15, 0.2) is 22.6 Å². The number of nitrogens with zero attached hydrogens (tertiary/aromatic N) is 5. The number of aldehydes is 1. The number of aromatic hydroxyl groups is 1. The van der Waals surface area contributed by atoms with Crippen LogP contribution in [-0.4, -0.2) is 47.8 Å². The molecule has 0 radical (unpaired) electrons. The summed E-state index contributed by atoms with van der Waals surface area (Å²) in [5, 5.41) is 40.0. The van der Waals surface area contributed by atoms with Gasteiger partial charge in [-0.25, -0.2) is 4.57 Å². The molecule has 1 atom stereocenters. The molecule has 0 spiro atoms. The second-order valence-corrected chi connectivity index (χ2v) is 12.9. The lowest BCUT2D eigenvalue weighted by molar-refractivity contribution is -0.113. The molecule has 17 nitrogen and oxygen atoms in total. The van der Waals surface area contributed by atoms with Gasteiger partial charge in [0.1, 0.15) is 22.6 Å². The molecule has 1 unspecified atom stereocenters. The van der Waals surface area contributed by atoms with Crippen molar-refractivity contribution in [3.63, 3.8) is 0 Å². The number of aromatic nitrogens is 1. The van der Waals surface area contributed by atoms with E-state index in [9.17, 15) is 56.0 Å². The summed E-state index contributed by atoms with van der Waals surface area (Å²) in [5.74, 6) is -2.41. The van der Waals surface area contributed by atoms with E-state index < -0.39 is 70.0 Å². The Morgan fingerprint density at radius 2 is 1.70 bits per heavy atom. The fourth-order valence-electron chi connectivity index (χ4n) is 4.11. The number of anilines is 1. The topological polar surface area (TPSA) is 295 Å². The zero-order valence-corrected chi connectivity index (χ0v) is 25.2.